The Balaban J connectivity index is 1.78. The molecule has 0 radical (unpaired) electrons. The van der Waals surface area contributed by atoms with Crippen molar-refractivity contribution in [2.45, 2.75) is 0 Å². The van der Waals surface area contributed by atoms with Gasteiger partial charge in [-0.25, -0.2) is 9.18 Å². The van der Waals surface area contributed by atoms with Crippen molar-refractivity contribution in [2.75, 3.05) is 30.9 Å². The summed E-state index contributed by atoms with van der Waals surface area (Å²) in [5, 5.41) is 2.64. The number of anilines is 2. The minimum absolute atomic E-state index is 0.352. The van der Waals surface area contributed by atoms with E-state index in [9.17, 15) is 14.0 Å². The van der Waals surface area contributed by atoms with Crippen LogP contribution in [-0.2, 0) is 14.3 Å². The molecule has 5 nitrogen and oxygen atoms in total. The van der Waals surface area contributed by atoms with Crippen LogP contribution in [0.2, 0.25) is 0 Å². The van der Waals surface area contributed by atoms with E-state index in [1.165, 1.54) is 36.4 Å². The van der Waals surface area contributed by atoms with Crippen molar-refractivity contribution in [1.29, 1.82) is 0 Å². The van der Waals surface area contributed by atoms with Crippen LogP contribution in [0.25, 0.3) is 6.08 Å². The number of hydrogen-bond donors (Lipinski definition) is 1. The van der Waals surface area contributed by atoms with E-state index in [0.717, 1.165) is 5.69 Å². The molecule has 0 saturated carbocycles. The number of carbonyl (C=O) groups excluding carboxylic acids is 2. The first-order valence-electron chi connectivity index (χ1n) is 7.62. The van der Waals surface area contributed by atoms with Gasteiger partial charge in [-0.2, -0.15) is 0 Å². The highest BCUT2D eigenvalue weighted by Gasteiger charge is 2.06. The Hall–Kier alpha value is -3.15. The molecule has 2 aromatic rings. The van der Waals surface area contributed by atoms with Crippen molar-refractivity contribution >= 4 is 29.3 Å². The van der Waals surface area contributed by atoms with E-state index in [4.69, 9.17) is 4.74 Å². The molecule has 0 aromatic heterocycles. The molecule has 2 rings (SSSR count). The van der Waals surface area contributed by atoms with Gasteiger partial charge in [-0.05, 0) is 48.0 Å². The summed E-state index contributed by atoms with van der Waals surface area (Å²) < 4.78 is 17.6. The lowest BCUT2D eigenvalue weighted by Crippen LogP contribution is -2.20. The molecule has 25 heavy (non-hydrogen) atoms. The number of ether oxygens (including phenoxy) is 1. The van der Waals surface area contributed by atoms with Gasteiger partial charge < -0.3 is 15.0 Å². The molecule has 2 aromatic carbocycles. The normalized spacial score (nSPS) is 10.5. The summed E-state index contributed by atoms with van der Waals surface area (Å²) in [6.07, 6.45) is 2.67. The van der Waals surface area contributed by atoms with E-state index in [1.807, 2.05) is 31.1 Å². The van der Waals surface area contributed by atoms with Crippen molar-refractivity contribution in [3.63, 3.8) is 0 Å². The molecular weight excluding hydrogens is 323 g/mol. The monoisotopic (exact) mass is 342 g/mol. The van der Waals surface area contributed by atoms with Crippen LogP contribution in [0.4, 0.5) is 15.8 Å². The van der Waals surface area contributed by atoms with Gasteiger partial charge in [-0.15, -0.1) is 0 Å². The van der Waals surface area contributed by atoms with Crippen molar-refractivity contribution in [3.05, 3.63) is 66.0 Å². The Morgan fingerprint density at radius 1 is 1.08 bits per heavy atom. The predicted octanol–water partition coefficient (Wildman–Crippen LogP) is 3.09. The Labute approximate surface area is 145 Å². The van der Waals surface area contributed by atoms with Crippen molar-refractivity contribution in [2.24, 2.45) is 0 Å². The fraction of sp³-hybridized carbons (Fsp3) is 0.158. The summed E-state index contributed by atoms with van der Waals surface area (Å²) in [6, 6.07) is 12.9. The summed E-state index contributed by atoms with van der Waals surface area (Å²) >= 11 is 0. The topological polar surface area (TPSA) is 58.6 Å². The molecule has 6 heteroatoms. The van der Waals surface area contributed by atoms with Gasteiger partial charge in [0.25, 0.3) is 5.91 Å². The van der Waals surface area contributed by atoms with E-state index in [0.29, 0.717) is 11.3 Å². The summed E-state index contributed by atoms with van der Waals surface area (Å²) in [5.74, 6) is -1.43. The Morgan fingerprint density at radius 3 is 2.32 bits per heavy atom. The van der Waals surface area contributed by atoms with Gasteiger partial charge in [0, 0.05) is 31.5 Å². The van der Waals surface area contributed by atoms with E-state index >= 15 is 0 Å². The summed E-state index contributed by atoms with van der Waals surface area (Å²) in [7, 11) is 3.85. The first kappa shape index (κ1) is 18.2. The van der Waals surface area contributed by atoms with Crippen molar-refractivity contribution in [1.82, 2.24) is 0 Å². The first-order valence-corrected chi connectivity index (χ1v) is 7.62. The van der Waals surface area contributed by atoms with Crippen LogP contribution >= 0.6 is 0 Å². The van der Waals surface area contributed by atoms with E-state index in [-0.39, 0.29) is 12.4 Å². The SMILES string of the molecule is CN(C)c1ccc(NC(=O)COC(=O)/C=C/c2ccc(F)cc2)cc1. The van der Waals surface area contributed by atoms with Crippen molar-refractivity contribution in [3.8, 4) is 0 Å². The predicted molar refractivity (Wildman–Crippen MR) is 95.8 cm³/mol. The zero-order valence-corrected chi connectivity index (χ0v) is 14.0. The smallest absolute Gasteiger partial charge is 0.331 e. The van der Waals surface area contributed by atoms with Crippen LogP contribution in [0.5, 0.6) is 0 Å². The zero-order chi connectivity index (χ0) is 18.2. The highest BCUT2D eigenvalue weighted by Crippen LogP contribution is 2.15. The molecule has 130 valence electrons. The average molecular weight is 342 g/mol. The van der Waals surface area contributed by atoms with Crippen LogP contribution < -0.4 is 10.2 Å². The molecular formula is C19H19FN2O3. The minimum Gasteiger partial charge on any atom is -0.452 e. The molecule has 0 atom stereocenters. The molecule has 0 aliphatic heterocycles. The number of halogens is 1. The number of rotatable bonds is 6. The third-order valence-electron chi connectivity index (χ3n) is 3.29. The maximum absolute atomic E-state index is 12.8. The quantitative estimate of drug-likeness (QED) is 0.647. The number of nitrogens with one attached hydrogen (secondary N) is 1. The Morgan fingerprint density at radius 2 is 1.72 bits per heavy atom. The number of amides is 1. The molecule has 1 N–H and O–H groups in total. The van der Waals surface area contributed by atoms with Gasteiger partial charge in [0.1, 0.15) is 5.82 Å². The van der Waals surface area contributed by atoms with Gasteiger partial charge in [0.2, 0.25) is 0 Å². The molecule has 0 aliphatic rings. The van der Waals surface area contributed by atoms with E-state index < -0.39 is 11.9 Å². The maximum Gasteiger partial charge on any atom is 0.331 e. The molecule has 0 unspecified atom stereocenters. The van der Waals surface area contributed by atoms with Crippen molar-refractivity contribution < 1.29 is 18.7 Å². The average Bonchev–Trinajstić information content (AvgIpc) is 2.60. The summed E-state index contributed by atoms with van der Waals surface area (Å²) in [6.45, 7) is -0.387. The fourth-order valence-corrected chi connectivity index (χ4v) is 1.96. The lowest BCUT2D eigenvalue weighted by atomic mass is 10.2. The number of benzene rings is 2. The second kappa shape index (κ2) is 8.63. The Kier molecular flexibility index (Phi) is 6.28. The zero-order valence-electron chi connectivity index (χ0n) is 14.0. The standard InChI is InChI=1S/C19H19FN2O3/c1-22(2)17-10-8-16(9-11-17)21-18(23)13-25-19(24)12-5-14-3-6-15(20)7-4-14/h3-12H,13H2,1-2H3,(H,21,23)/b12-5+. The Bertz CT molecular complexity index is 753. The van der Waals surface area contributed by atoms with Crippen LogP contribution in [0, 0.1) is 5.82 Å². The molecule has 0 spiro atoms. The highest BCUT2D eigenvalue weighted by atomic mass is 19.1. The second-order valence-corrected chi connectivity index (χ2v) is 5.48. The van der Waals surface area contributed by atoms with Gasteiger partial charge >= 0.3 is 5.97 Å². The molecule has 0 fully saturated rings. The summed E-state index contributed by atoms with van der Waals surface area (Å²) in [5.41, 5.74) is 2.28. The number of hydrogen-bond acceptors (Lipinski definition) is 4. The van der Waals surface area contributed by atoms with E-state index in [2.05, 4.69) is 5.32 Å². The molecule has 0 saturated heterocycles. The minimum atomic E-state index is -0.651. The lowest BCUT2D eigenvalue weighted by molar-refractivity contribution is -0.142. The number of nitrogens with zero attached hydrogens (tertiary/aromatic N) is 1. The highest BCUT2D eigenvalue weighted by molar-refractivity contribution is 5.94. The van der Waals surface area contributed by atoms with Gasteiger partial charge in [-0.1, -0.05) is 12.1 Å². The van der Waals surface area contributed by atoms with E-state index in [1.54, 1.807) is 12.1 Å². The first-order chi connectivity index (χ1) is 11.9. The largest absolute Gasteiger partial charge is 0.452 e. The van der Waals surface area contributed by atoms with Crippen LogP contribution in [0.3, 0.4) is 0 Å². The van der Waals surface area contributed by atoms with Gasteiger partial charge in [0.05, 0.1) is 0 Å². The van der Waals surface area contributed by atoms with Crippen LogP contribution in [-0.4, -0.2) is 32.6 Å². The lowest BCUT2D eigenvalue weighted by Gasteiger charge is -2.13. The number of esters is 1. The third kappa shape index (κ3) is 6.10. The maximum atomic E-state index is 12.8. The number of carbonyl (C=O) groups is 2. The second-order valence-electron chi connectivity index (χ2n) is 5.48. The fourth-order valence-electron chi connectivity index (χ4n) is 1.96. The molecule has 0 aliphatic carbocycles. The molecule has 0 heterocycles. The third-order valence-corrected chi connectivity index (χ3v) is 3.29. The molecule has 1 amide bonds. The summed E-state index contributed by atoms with van der Waals surface area (Å²) in [4.78, 5) is 25.3. The molecule has 0 bridgehead atoms. The van der Waals surface area contributed by atoms with Crippen LogP contribution in [0.1, 0.15) is 5.56 Å². The van der Waals surface area contributed by atoms with Gasteiger partial charge in [-0.3, -0.25) is 4.79 Å². The van der Waals surface area contributed by atoms with Gasteiger partial charge in [0.15, 0.2) is 6.61 Å². The van der Waals surface area contributed by atoms with Crippen LogP contribution in [0.15, 0.2) is 54.6 Å².